The molecule has 0 N–H and O–H groups in total. The number of ether oxygens (including phenoxy) is 2. The van der Waals surface area contributed by atoms with Crippen molar-refractivity contribution in [1.29, 1.82) is 0 Å². The second kappa shape index (κ2) is 16.6. The standard InChI is InChI=1S/C38H60O2/c1-8-10-22-36-30(5)18-14-11-12-15-19-33(36)28-39-37(38(6,7)34-20-16-13-17-21-34)40-35-25-23-32(24-26-35)31(9-2)27-29(3)4/h10-11,14,22-26,29,31,33-34,37H,8-9,12-13,15-21,27-28H2,1-7H3. The number of benzene rings is 1. The summed E-state index contributed by atoms with van der Waals surface area (Å²) in [5, 5.41) is 0. The molecule has 0 bridgehead atoms. The van der Waals surface area contributed by atoms with E-state index in [0.717, 1.165) is 31.4 Å². The van der Waals surface area contributed by atoms with E-state index in [1.165, 1.54) is 68.1 Å². The Morgan fingerprint density at radius 2 is 1.68 bits per heavy atom. The lowest BCUT2D eigenvalue weighted by atomic mass is 9.70. The van der Waals surface area contributed by atoms with E-state index in [9.17, 15) is 0 Å². The van der Waals surface area contributed by atoms with Gasteiger partial charge in [-0.15, -0.1) is 0 Å². The molecule has 0 aliphatic heterocycles. The van der Waals surface area contributed by atoms with Crippen LogP contribution in [0, 0.1) is 23.2 Å². The van der Waals surface area contributed by atoms with Crippen molar-refractivity contribution in [2.24, 2.45) is 23.2 Å². The van der Waals surface area contributed by atoms with Crippen molar-refractivity contribution in [2.45, 2.75) is 138 Å². The molecule has 3 rings (SSSR count). The maximum absolute atomic E-state index is 6.94. The molecule has 2 aliphatic carbocycles. The summed E-state index contributed by atoms with van der Waals surface area (Å²) < 4.78 is 13.8. The van der Waals surface area contributed by atoms with Gasteiger partial charge in [0.25, 0.3) is 0 Å². The van der Waals surface area contributed by atoms with Crippen LogP contribution in [0.3, 0.4) is 0 Å². The Morgan fingerprint density at radius 1 is 0.950 bits per heavy atom. The van der Waals surface area contributed by atoms with Crippen molar-refractivity contribution >= 4 is 0 Å². The van der Waals surface area contributed by atoms with Gasteiger partial charge in [0.1, 0.15) is 5.75 Å². The van der Waals surface area contributed by atoms with Crippen LogP contribution >= 0.6 is 0 Å². The van der Waals surface area contributed by atoms with Crippen molar-refractivity contribution < 1.29 is 9.47 Å². The Hall–Kier alpha value is -1.80. The molecule has 2 nitrogen and oxygen atoms in total. The summed E-state index contributed by atoms with van der Waals surface area (Å²) in [5.74, 6) is 3.29. The average Bonchev–Trinajstić information content (AvgIpc) is 3.03. The summed E-state index contributed by atoms with van der Waals surface area (Å²) in [7, 11) is 0. The number of rotatable bonds is 13. The summed E-state index contributed by atoms with van der Waals surface area (Å²) in [4.78, 5) is 0. The summed E-state index contributed by atoms with van der Waals surface area (Å²) in [6.07, 6.45) is 23.7. The summed E-state index contributed by atoms with van der Waals surface area (Å²) in [5.41, 5.74) is 4.33. The van der Waals surface area contributed by atoms with Crippen LogP contribution in [0.4, 0.5) is 0 Å². The number of hydrogen-bond donors (Lipinski definition) is 0. The lowest BCUT2D eigenvalue weighted by molar-refractivity contribution is -0.173. The molecule has 0 amide bonds. The second-order valence-electron chi connectivity index (χ2n) is 13.6. The van der Waals surface area contributed by atoms with Crippen molar-refractivity contribution in [3.05, 3.63) is 65.3 Å². The van der Waals surface area contributed by atoms with Gasteiger partial charge < -0.3 is 9.47 Å². The Kier molecular flexibility index (Phi) is 13.6. The van der Waals surface area contributed by atoms with E-state index in [2.05, 4.69) is 97.0 Å². The van der Waals surface area contributed by atoms with Gasteiger partial charge in [-0.2, -0.15) is 0 Å². The van der Waals surface area contributed by atoms with E-state index >= 15 is 0 Å². The average molecular weight is 549 g/mol. The van der Waals surface area contributed by atoms with E-state index in [0.29, 0.717) is 30.3 Å². The van der Waals surface area contributed by atoms with E-state index in [1.54, 1.807) is 0 Å². The van der Waals surface area contributed by atoms with Gasteiger partial charge in [0.05, 0.1) is 6.61 Å². The van der Waals surface area contributed by atoms with Crippen LogP contribution in [-0.2, 0) is 4.74 Å². The Balaban J connectivity index is 1.84. The van der Waals surface area contributed by atoms with Gasteiger partial charge in [-0.1, -0.05) is 103 Å². The van der Waals surface area contributed by atoms with Crippen LogP contribution in [0.1, 0.15) is 137 Å². The zero-order chi connectivity index (χ0) is 29.0. The van der Waals surface area contributed by atoms with Crippen LogP contribution in [-0.4, -0.2) is 12.9 Å². The fourth-order valence-corrected chi connectivity index (χ4v) is 6.87. The minimum Gasteiger partial charge on any atom is -0.464 e. The first-order chi connectivity index (χ1) is 19.3. The monoisotopic (exact) mass is 548 g/mol. The summed E-state index contributed by atoms with van der Waals surface area (Å²) in [6, 6.07) is 8.97. The molecular formula is C38H60O2. The van der Waals surface area contributed by atoms with Crippen LogP contribution < -0.4 is 4.74 Å². The fraction of sp³-hybridized carbons (Fsp3) is 0.684. The second-order valence-corrected chi connectivity index (χ2v) is 13.6. The van der Waals surface area contributed by atoms with Crippen molar-refractivity contribution in [3.63, 3.8) is 0 Å². The molecule has 1 aromatic carbocycles. The van der Waals surface area contributed by atoms with Crippen molar-refractivity contribution in [1.82, 2.24) is 0 Å². The molecule has 1 fully saturated rings. The van der Waals surface area contributed by atoms with Crippen LogP contribution in [0.25, 0.3) is 0 Å². The SMILES string of the molecule is CCC=CC1=C(C)CC=CCCCC1COC(Oc1ccc(C(CC)CC(C)C)cc1)C(C)(C)C1CCCCC1. The molecule has 0 saturated heterocycles. The lowest BCUT2D eigenvalue weighted by Gasteiger charge is -2.42. The first-order valence-corrected chi connectivity index (χ1v) is 16.7. The van der Waals surface area contributed by atoms with Crippen LogP contribution in [0.5, 0.6) is 5.75 Å². The molecule has 2 heteroatoms. The molecule has 0 heterocycles. The van der Waals surface area contributed by atoms with Crippen LogP contribution in [0.15, 0.2) is 59.7 Å². The molecule has 1 aromatic rings. The minimum absolute atomic E-state index is 0.0546. The fourth-order valence-electron chi connectivity index (χ4n) is 6.87. The maximum atomic E-state index is 6.94. The minimum atomic E-state index is -0.262. The van der Waals surface area contributed by atoms with Gasteiger partial charge in [0, 0.05) is 11.3 Å². The summed E-state index contributed by atoms with van der Waals surface area (Å²) >= 11 is 0. The highest BCUT2D eigenvalue weighted by Gasteiger charge is 2.41. The largest absolute Gasteiger partial charge is 0.464 e. The third-order valence-corrected chi connectivity index (χ3v) is 9.54. The lowest BCUT2D eigenvalue weighted by Crippen LogP contribution is -2.44. The first-order valence-electron chi connectivity index (χ1n) is 16.7. The predicted molar refractivity (Wildman–Crippen MR) is 173 cm³/mol. The van der Waals surface area contributed by atoms with Crippen molar-refractivity contribution in [3.8, 4) is 5.75 Å². The quantitative estimate of drug-likeness (QED) is 0.180. The summed E-state index contributed by atoms with van der Waals surface area (Å²) in [6.45, 7) is 17.0. The van der Waals surface area contributed by atoms with Gasteiger partial charge in [0.15, 0.2) is 0 Å². The molecule has 3 unspecified atom stereocenters. The Bertz CT molecular complexity index is 942. The molecule has 0 aromatic heterocycles. The van der Waals surface area contributed by atoms with Crippen LogP contribution in [0.2, 0.25) is 0 Å². The van der Waals surface area contributed by atoms with E-state index in [4.69, 9.17) is 9.47 Å². The van der Waals surface area contributed by atoms with Gasteiger partial charge in [-0.3, -0.25) is 0 Å². The molecule has 0 radical (unpaired) electrons. The molecule has 224 valence electrons. The molecule has 1 saturated carbocycles. The topological polar surface area (TPSA) is 18.5 Å². The highest BCUT2D eigenvalue weighted by atomic mass is 16.7. The molecule has 2 aliphatic rings. The van der Waals surface area contributed by atoms with Gasteiger partial charge >= 0.3 is 0 Å². The zero-order valence-corrected chi connectivity index (χ0v) is 27.0. The van der Waals surface area contributed by atoms with Crippen molar-refractivity contribution in [2.75, 3.05) is 6.61 Å². The Morgan fingerprint density at radius 3 is 2.33 bits per heavy atom. The van der Waals surface area contributed by atoms with E-state index in [-0.39, 0.29) is 11.7 Å². The first kappa shape index (κ1) is 32.7. The van der Waals surface area contributed by atoms with E-state index < -0.39 is 0 Å². The number of hydrogen-bond acceptors (Lipinski definition) is 2. The van der Waals surface area contributed by atoms with E-state index in [1.807, 2.05) is 0 Å². The molecule has 40 heavy (non-hydrogen) atoms. The predicted octanol–water partition coefficient (Wildman–Crippen LogP) is 11.6. The van der Waals surface area contributed by atoms with Gasteiger partial charge in [0.2, 0.25) is 6.29 Å². The zero-order valence-electron chi connectivity index (χ0n) is 27.0. The highest BCUT2D eigenvalue weighted by Crippen LogP contribution is 2.43. The third kappa shape index (κ3) is 9.64. The molecule has 3 atom stereocenters. The molecule has 0 spiro atoms. The Labute approximate surface area is 247 Å². The maximum Gasteiger partial charge on any atom is 0.205 e. The highest BCUT2D eigenvalue weighted by molar-refractivity contribution is 5.30. The normalized spacial score (nSPS) is 21.4. The smallest absolute Gasteiger partial charge is 0.205 e. The van der Waals surface area contributed by atoms with Gasteiger partial charge in [-0.25, -0.2) is 0 Å². The van der Waals surface area contributed by atoms with Gasteiger partial charge in [-0.05, 0) is 106 Å². The molecular weight excluding hydrogens is 488 g/mol. The number of allylic oxidation sites excluding steroid dienone is 5. The third-order valence-electron chi connectivity index (χ3n) is 9.54.